The maximum absolute atomic E-state index is 12.9. The standard InChI is InChI=1S/C11H13F3N6S/c1-3-4-15-9-18-7(11(12,13)14)5-8(19-9)21-10-16-6-17-20(10)2/h5-6H,3-4H2,1-2H3,(H,15,18,19). The van der Waals surface area contributed by atoms with E-state index >= 15 is 0 Å². The minimum absolute atomic E-state index is 0.0451. The molecular weight excluding hydrogens is 305 g/mol. The number of halogens is 3. The first kappa shape index (κ1) is 15.5. The molecule has 21 heavy (non-hydrogen) atoms. The van der Waals surface area contributed by atoms with E-state index in [9.17, 15) is 13.2 Å². The Morgan fingerprint density at radius 1 is 1.33 bits per heavy atom. The average molecular weight is 318 g/mol. The Labute approximate surface area is 123 Å². The van der Waals surface area contributed by atoms with Gasteiger partial charge >= 0.3 is 6.18 Å². The van der Waals surface area contributed by atoms with Crippen molar-refractivity contribution in [1.82, 2.24) is 24.7 Å². The summed E-state index contributed by atoms with van der Waals surface area (Å²) in [5.74, 6) is -0.0451. The Morgan fingerprint density at radius 2 is 2.10 bits per heavy atom. The second-order valence-corrected chi connectivity index (χ2v) is 5.10. The van der Waals surface area contributed by atoms with Crippen molar-refractivity contribution in [2.24, 2.45) is 7.05 Å². The smallest absolute Gasteiger partial charge is 0.354 e. The summed E-state index contributed by atoms with van der Waals surface area (Å²) in [5.41, 5.74) is -0.985. The van der Waals surface area contributed by atoms with Crippen molar-refractivity contribution in [3.05, 3.63) is 18.1 Å². The van der Waals surface area contributed by atoms with Gasteiger partial charge in [-0.1, -0.05) is 6.92 Å². The Bertz CT molecular complexity index is 612. The van der Waals surface area contributed by atoms with Crippen molar-refractivity contribution in [3.63, 3.8) is 0 Å². The van der Waals surface area contributed by atoms with E-state index in [-0.39, 0.29) is 11.0 Å². The van der Waals surface area contributed by atoms with Gasteiger partial charge in [0.05, 0.1) is 0 Å². The lowest BCUT2D eigenvalue weighted by atomic mass is 10.4. The van der Waals surface area contributed by atoms with E-state index < -0.39 is 11.9 Å². The number of nitrogens with one attached hydrogen (secondary N) is 1. The minimum Gasteiger partial charge on any atom is -0.354 e. The molecule has 0 spiro atoms. The van der Waals surface area contributed by atoms with Gasteiger partial charge in [-0.3, -0.25) is 0 Å². The zero-order chi connectivity index (χ0) is 15.5. The molecule has 0 aliphatic heterocycles. The molecule has 114 valence electrons. The van der Waals surface area contributed by atoms with Gasteiger partial charge in [-0.25, -0.2) is 19.6 Å². The second kappa shape index (κ2) is 6.29. The Balaban J connectivity index is 2.33. The average Bonchev–Trinajstić information content (AvgIpc) is 2.81. The van der Waals surface area contributed by atoms with Gasteiger partial charge in [-0.2, -0.15) is 18.3 Å². The quantitative estimate of drug-likeness (QED) is 0.855. The molecule has 2 rings (SSSR count). The number of hydrogen-bond acceptors (Lipinski definition) is 6. The molecule has 0 aliphatic rings. The molecule has 0 unspecified atom stereocenters. The van der Waals surface area contributed by atoms with E-state index in [4.69, 9.17) is 0 Å². The summed E-state index contributed by atoms with van der Waals surface area (Å²) in [7, 11) is 1.65. The van der Waals surface area contributed by atoms with Gasteiger partial charge < -0.3 is 5.32 Å². The summed E-state index contributed by atoms with van der Waals surface area (Å²) in [6.45, 7) is 2.39. The lowest BCUT2D eigenvalue weighted by Gasteiger charge is -2.10. The number of hydrogen-bond donors (Lipinski definition) is 1. The number of rotatable bonds is 5. The first-order valence-corrected chi connectivity index (χ1v) is 6.93. The zero-order valence-corrected chi connectivity index (χ0v) is 12.2. The highest BCUT2D eigenvalue weighted by Gasteiger charge is 2.34. The van der Waals surface area contributed by atoms with Crippen LogP contribution in [-0.2, 0) is 13.2 Å². The normalized spacial score (nSPS) is 11.7. The molecule has 0 atom stereocenters. The SMILES string of the molecule is CCCNc1nc(Sc2ncnn2C)cc(C(F)(F)F)n1. The van der Waals surface area contributed by atoms with Crippen LogP contribution in [0, 0.1) is 0 Å². The summed E-state index contributed by atoms with van der Waals surface area (Å²) in [5, 5.41) is 7.23. The van der Waals surface area contributed by atoms with Crippen LogP contribution in [0.3, 0.4) is 0 Å². The second-order valence-electron chi connectivity index (χ2n) is 4.11. The van der Waals surface area contributed by atoms with Crippen molar-refractivity contribution >= 4 is 17.7 Å². The molecule has 6 nitrogen and oxygen atoms in total. The van der Waals surface area contributed by atoms with Crippen molar-refractivity contribution < 1.29 is 13.2 Å². The fourth-order valence-corrected chi connectivity index (χ4v) is 2.18. The predicted octanol–water partition coefficient (Wildman–Crippen LogP) is 2.60. The molecule has 1 N–H and O–H groups in total. The van der Waals surface area contributed by atoms with Gasteiger partial charge in [0, 0.05) is 19.7 Å². The van der Waals surface area contributed by atoms with Crippen LogP contribution >= 0.6 is 11.8 Å². The molecule has 0 radical (unpaired) electrons. The van der Waals surface area contributed by atoms with E-state index in [0.29, 0.717) is 11.7 Å². The Kier molecular flexibility index (Phi) is 4.66. The summed E-state index contributed by atoms with van der Waals surface area (Å²) >= 11 is 0.997. The molecule has 0 amide bonds. The van der Waals surface area contributed by atoms with Gasteiger partial charge in [0.15, 0.2) is 10.9 Å². The first-order valence-electron chi connectivity index (χ1n) is 6.12. The molecule has 0 aromatic carbocycles. The van der Waals surface area contributed by atoms with E-state index in [1.807, 2.05) is 6.92 Å². The van der Waals surface area contributed by atoms with Crippen LogP contribution < -0.4 is 5.32 Å². The summed E-state index contributed by atoms with van der Waals surface area (Å²) in [4.78, 5) is 11.5. The highest BCUT2D eigenvalue weighted by atomic mass is 32.2. The van der Waals surface area contributed by atoms with Gasteiger partial charge in [-0.05, 0) is 18.2 Å². The monoisotopic (exact) mass is 318 g/mol. The Morgan fingerprint density at radius 3 is 2.67 bits per heavy atom. The zero-order valence-electron chi connectivity index (χ0n) is 11.3. The van der Waals surface area contributed by atoms with Gasteiger partial charge in [0.2, 0.25) is 5.95 Å². The number of alkyl halides is 3. The van der Waals surface area contributed by atoms with Crippen LogP contribution in [0.4, 0.5) is 19.1 Å². The number of aryl methyl sites for hydroxylation is 1. The van der Waals surface area contributed by atoms with Crippen LogP contribution in [0.1, 0.15) is 19.0 Å². The van der Waals surface area contributed by atoms with E-state index in [1.165, 1.54) is 11.0 Å². The largest absolute Gasteiger partial charge is 0.433 e. The van der Waals surface area contributed by atoms with E-state index in [2.05, 4.69) is 25.4 Å². The topological polar surface area (TPSA) is 68.5 Å². The minimum atomic E-state index is -4.53. The van der Waals surface area contributed by atoms with Gasteiger partial charge in [0.1, 0.15) is 11.4 Å². The van der Waals surface area contributed by atoms with Crippen LogP contribution in [0.15, 0.2) is 22.6 Å². The number of aromatic nitrogens is 5. The highest BCUT2D eigenvalue weighted by molar-refractivity contribution is 7.99. The molecular formula is C11H13F3N6S. The Hall–Kier alpha value is -1.84. The molecule has 10 heteroatoms. The maximum Gasteiger partial charge on any atom is 0.433 e. The third-order valence-electron chi connectivity index (χ3n) is 2.39. The molecule has 0 saturated heterocycles. The molecule has 0 aliphatic carbocycles. The van der Waals surface area contributed by atoms with Crippen molar-refractivity contribution in [2.75, 3.05) is 11.9 Å². The first-order chi connectivity index (χ1) is 9.90. The number of anilines is 1. The van der Waals surface area contributed by atoms with Gasteiger partial charge in [0.25, 0.3) is 0 Å². The molecule has 2 heterocycles. The van der Waals surface area contributed by atoms with Crippen LogP contribution in [0.5, 0.6) is 0 Å². The number of nitrogens with zero attached hydrogens (tertiary/aromatic N) is 5. The summed E-state index contributed by atoms with van der Waals surface area (Å²) < 4.78 is 40.1. The van der Waals surface area contributed by atoms with Gasteiger partial charge in [-0.15, -0.1) is 0 Å². The highest BCUT2D eigenvalue weighted by Crippen LogP contribution is 2.32. The van der Waals surface area contributed by atoms with Crippen molar-refractivity contribution in [3.8, 4) is 0 Å². The van der Waals surface area contributed by atoms with Crippen LogP contribution in [-0.4, -0.2) is 31.3 Å². The molecule has 2 aromatic heterocycles. The van der Waals surface area contributed by atoms with E-state index in [1.54, 1.807) is 7.05 Å². The summed E-state index contributed by atoms with van der Waals surface area (Å²) in [6.07, 6.45) is -2.45. The van der Waals surface area contributed by atoms with Crippen molar-refractivity contribution in [1.29, 1.82) is 0 Å². The maximum atomic E-state index is 12.9. The molecule has 0 saturated carbocycles. The van der Waals surface area contributed by atoms with Crippen molar-refractivity contribution in [2.45, 2.75) is 29.7 Å². The fourth-order valence-electron chi connectivity index (χ4n) is 1.41. The lowest BCUT2D eigenvalue weighted by molar-refractivity contribution is -0.141. The predicted molar refractivity (Wildman–Crippen MR) is 70.9 cm³/mol. The van der Waals surface area contributed by atoms with E-state index in [0.717, 1.165) is 24.2 Å². The third kappa shape index (κ3) is 4.06. The molecule has 0 fully saturated rings. The molecule has 2 aromatic rings. The fraction of sp³-hybridized carbons (Fsp3) is 0.455. The van der Waals surface area contributed by atoms with Crippen LogP contribution in [0.25, 0.3) is 0 Å². The van der Waals surface area contributed by atoms with Crippen LogP contribution in [0.2, 0.25) is 0 Å². The lowest BCUT2D eigenvalue weighted by Crippen LogP contribution is -2.13. The third-order valence-corrected chi connectivity index (χ3v) is 3.36. The summed E-state index contributed by atoms with van der Waals surface area (Å²) in [6, 6.07) is 0.899. The molecule has 0 bridgehead atoms.